The number of methoxy groups -OCH3 is 1. The Morgan fingerprint density at radius 3 is 2.67 bits per heavy atom. The average Bonchev–Trinajstić information content (AvgIpc) is 3.28. The third-order valence-corrected chi connectivity index (χ3v) is 6.02. The van der Waals surface area contributed by atoms with Crippen LogP contribution in [0.2, 0.25) is 5.02 Å². The number of aromatic amines is 1. The van der Waals surface area contributed by atoms with Gasteiger partial charge in [0.05, 0.1) is 19.0 Å². The lowest BCUT2D eigenvalue weighted by Crippen LogP contribution is -2.11. The monoisotopic (exact) mass is 505 g/mol. The second-order valence-electron chi connectivity index (χ2n) is 8.08. The first-order valence-corrected chi connectivity index (χ1v) is 11.4. The van der Waals surface area contributed by atoms with E-state index < -0.39 is 5.82 Å². The Morgan fingerprint density at radius 1 is 1.08 bits per heavy atom. The predicted octanol–water partition coefficient (Wildman–Crippen LogP) is 3.96. The maximum absolute atomic E-state index is 14.6. The summed E-state index contributed by atoms with van der Waals surface area (Å²) in [6.07, 6.45) is 5.35. The first-order valence-electron chi connectivity index (χ1n) is 11.0. The molecule has 0 aliphatic carbocycles. The summed E-state index contributed by atoms with van der Waals surface area (Å²) < 4.78 is 21.5. The Labute approximate surface area is 210 Å². The van der Waals surface area contributed by atoms with Gasteiger partial charge in [0.25, 0.3) is 0 Å². The smallest absolute Gasteiger partial charge is 0.345 e. The van der Waals surface area contributed by atoms with E-state index in [1.54, 1.807) is 16.8 Å². The van der Waals surface area contributed by atoms with Crippen LogP contribution >= 0.6 is 11.6 Å². The fourth-order valence-corrected chi connectivity index (χ4v) is 4.07. The van der Waals surface area contributed by atoms with Crippen molar-refractivity contribution in [2.24, 2.45) is 0 Å². The van der Waals surface area contributed by atoms with Gasteiger partial charge in [-0.3, -0.25) is 4.68 Å². The molecule has 0 saturated carbocycles. The lowest BCUT2D eigenvalue weighted by molar-refractivity contribution is 0.384. The van der Waals surface area contributed by atoms with Gasteiger partial charge in [0.1, 0.15) is 12.1 Å². The van der Waals surface area contributed by atoms with Crippen molar-refractivity contribution in [2.45, 2.75) is 19.5 Å². The van der Waals surface area contributed by atoms with Gasteiger partial charge < -0.3 is 15.0 Å². The van der Waals surface area contributed by atoms with Crippen molar-refractivity contribution in [1.82, 2.24) is 29.7 Å². The summed E-state index contributed by atoms with van der Waals surface area (Å²) in [4.78, 5) is 26.3. The molecule has 0 saturated heterocycles. The van der Waals surface area contributed by atoms with Crippen molar-refractivity contribution in [3.8, 4) is 5.75 Å². The zero-order valence-electron chi connectivity index (χ0n) is 19.2. The van der Waals surface area contributed by atoms with Crippen LogP contribution in [-0.2, 0) is 19.5 Å². The molecule has 36 heavy (non-hydrogen) atoms. The van der Waals surface area contributed by atoms with Crippen LogP contribution in [0.25, 0.3) is 11.0 Å². The Balaban J connectivity index is 1.31. The highest BCUT2D eigenvalue weighted by atomic mass is 35.5. The molecule has 3 heterocycles. The lowest BCUT2D eigenvalue weighted by atomic mass is 10.1. The third kappa shape index (κ3) is 5.03. The number of rotatable bonds is 8. The minimum Gasteiger partial charge on any atom is -0.494 e. The van der Waals surface area contributed by atoms with E-state index in [4.69, 9.17) is 16.3 Å². The van der Waals surface area contributed by atoms with E-state index in [1.165, 1.54) is 25.7 Å². The molecule has 9 nitrogen and oxygen atoms in total. The molecule has 0 amide bonds. The van der Waals surface area contributed by atoms with Gasteiger partial charge in [-0.2, -0.15) is 5.10 Å². The maximum atomic E-state index is 14.6. The van der Waals surface area contributed by atoms with E-state index >= 15 is 0 Å². The molecule has 3 aromatic heterocycles. The number of anilines is 1. The number of nitrogens with one attached hydrogen (secondary N) is 2. The highest BCUT2D eigenvalue weighted by Gasteiger charge is 2.15. The number of aromatic nitrogens is 6. The molecule has 2 aromatic carbocycles. The highest BCUT2D eigenvalue weighted by molar-refractivity contribution is 6.31. The molecule has 182 valence electrons. The number of H-pyrrole nitrogens is 1. The van der Waals surface area contributed by atoms with Crippen LogP contribution in [0, 0.1) is 5.82 Å². The van der Waals surface area contributed by atoms with Gasteiger partial charge in [-0.1, -0.05) is 35.9 Å². The molecule has 11 heteroatoms. The zero-order chi connectivity index (χ0) is 25.1. The van der Waals surface area contributed by atoms with Crippen molar-refractivity contribution >= 4 is 28.5 Å². The van der Waals surface area contributed by atoms with Gasteiger partial charge in [-0.15, -0.1) is 0 Å². The molecule has 5 rings (SSSR count). The molecule has 0 radical (unpaired) electrons. The number of benzene rings is 2. The van der Waals surface area contributed by atoms with Crippen LogP contribution < -0.4 is 15.7 Å². The molecule has 0 aliphatic heterocycles. The number of hydrogen-bond acceptors (Lipinski definition) is 7. The van der Waals surface area contributed by atoms with E-state index in [-0.39, 0.29) is 23.5 Å². The van der Waals surface area contributed by atoms with Crippen LogP contribution in [0.1, 0.15) is 22.4 Å². The van der Waals surface area contributed by atoms with Crippen molar-refractivity contribution in [1.29, 1.82) is 0 Å². The molecule has 0 aliphatic rings. The summed E-state index contributed by atoms with van der Waals surface area (Å²) in [6.45, 7) is 0.641. The van der Waals surface area contributed by atoms with Gasteiger partial charge >= 0.3 is 5.69 Å². The normalized spacial score (nSPS) is 11.1. The van der Waals surface area contributed by atoms with E-state index in [0.717, 1.165) is 16.8 Å². The lowest BCUT2D eigenvalue weighted by Gasteiger charge is -2.11. The molecule has 5 aromatic rings. The molecular weight excluding hydrogens is 485 g/mol. The average molecular weight is 506 g/mol. The van der Waals surface area contributed by atoms with E-state index in [2.05, 4.69) is 30.4 Å². The zero-order valence-corrected chi connectivity index (χ0v) is 20.0. The minimum atomic E-state index is -0.516. The van der Waals surface area contributed by atoms with E-state index in [9.17, 15) is 9.18 Å². The second-order valence-corrected chi connectivity index (χ2v) is 8.48. The Morgan fingerprint density at radius 2 is 1.89 bits per heavy atom. The number of ether oxygens (including phenoxy) is 1. The number of nitrogens with zero attached hydrogens (tertiary/aromatic N) is 5. The van der Waals surface area contributed by atoms with Crippen molar-refractivity contribution < 1.29 is 9.13 Å². The third-order valence-electron chi connectivity index (χ3n) is 5.66. The van der Waals surface area contributed by atoms with Crippen LogP contribution in [-0.4, -0.2) is 36.8 Å². The number of halogens is 2. The van der Waals surface area contributed by atoms with Gasteiger partial charge in [-0.25, -0.2) is 24.1 Å². The summed E-state index contributed by atoms with van der Waals surface area (Å²) in [5.74, 6) is 0.125. The second kappa shape index (κ2) is 10.1. The van der Waals surface area contributed by atoms with Crippen LogP contribution in [0.15, 0.2) is 66.0 Å². The fourth-order valence-electron chi connectivity index (χ4n) is 3.85. The number of fused-ring (bicyclic) bond motifs is 1. The Kier molecular flexibility index (Phi) is 6.59. The van der Waals surface area contributed by atoms with Crippen LogP contribution in [0.3, 0.4) is 0 Å². The summed E-state index contributed by atoms with van der Waals surface area (Å²) >= 11 is 6.20. The first-order chi connectivity index (χ1) is 17.5. The molecular formula is C25H21ClFN7O2. The first kappa shape index (κ1) is 23.4. The van der Waals surface area contributed by atoms with Crippen LogP contribution in [0.4, 0.5) is 10.2 Å². The highest BCUT2D eigenvalue weighted by Crippen LogP contribution is 2.28. The topological polar surface area (TPSA) is 111 Å². The summed E-state index contributed by atoms with van der Waals surface area (Å²) in [5.41, 5.74) is 3.35. The predicted molar refractivity (Wildman–Crippen MR) is 134 cm³/mol. The molecule has 0 spiro atoms. The Bertz CT molecular complexity index is 1580. The quantitative estimate of drug-likeness (QED) is 0.328. The summed E-state index contributed by atoms with van der Waals surface area (Å²) in [5, 5.41) is 8.68. The molecule has 0 fully saturated rings. The van der Waals surface area contributed by atoms with Gasteiger partial charge in [0.15, 0.2) is 17.2 Å². The van der Waals surface area contributed by atoms with Crippen molar-refractivity contribution in [2.75, 3.05) is 12.4 Å². The van der Waals surface area contributed by atoms with E-state index in [0.29, 0.717) is 34.8 Å². The molecule has 0 atom stereocenters. The Hall–Kier alpha value is -4.31. The van der Waals surface area contributed by atoms with Crippen molar-refractivity contribution in [3.05, 3.63) is 105 Å². The van der Waals surface area contributed by atoms with Gasteiger partial charge in [0, 0.05) is 41.6 Å². The maximum Gasteiger partial charge on any atom is 0.345 e. The molecule has 0 bridgehead atoms. The fraction of sp³-hybridized carbons (Fsp3) is 0.160. The SMILES string of the molecule is COc1ccc(Cl)c(CNc2ncnc3nn(Cc4ccc(Cc5ccnc(=O)[nH]5)cc4)cc23)c1F. The van der Waals surface area contributed by atoms with Crippen LogP contribution in [0.5, 0.6) is 5.75 Å². The largest absolute Gasteiger partial charge is 0.494 e. The summed E-state index contributed by atoms with van der Waals surface area (Å²) in [7, 11) is 1.41. The minimum absolute atomic E-state index is 0.114. The standard InChI is InChI=1S/C25H21ClFN7O2/c1-36-21-7-6-20(26)18(22(21)27)11-29-23-19-13-34(33-24(19)31-14-30-23)12-16-4-2-15(3-5-16)10-17-8-9-28-25(35)32-17/h2-9,13-14H,10-12H2,1H3,(H,28,32,35)(H,29,30,31,33). The van der Waals surface area contributed by atoms with Gasteiger partial charge in [-0.05, 0) is 29.3 Å². The molecule has 0 unspecified atom stereocenters. The number of hydrogen-bond donors (Lipinski definition) is 2. The van der Waals surface area contributed by atoms with E-state index in [1.807, 2.05) is 30.5 Å². The van der Waals surface area contributed by atoms with Crippen molar-refractivity contribution in [3.63, 3.8) is 0 Å². The summed E-state index contributed by atoms with van der Waals surface area (Å²) in [6, 6.07) is 12.9. The molecule has 2 N–H and O–H groups in total. The van der Waals surface area contributed by atoms with Gasteiger partial charge in [0.2, 0.25) is 0 Å².